The zero-order chi connectivity index (χ0) is 12.6. The first-order chi connectivity index (χ1) is 8.04. The Hall–Kier alpha value is -1.44. The first-order valence-electron chi connectivity index (χ1n) is 5.30. The van der Waals surface area contributed by atoms with Crippen LogP contribution in [0.15, 0.2) is 21.9 Å². The van der Waals surface area contributed by atoms with Crippen LogP contribution in [0.1, 0.15) is 13.2 Å². The lowest BCUT2D eigenvalue weighted by atomic mass is 10.0. The lowest BCUT2D eigenvalue weighted by Gasteiger charge is -2.17. The molecule has 0 radical (unpaired) electrons. The SMILES string of the molecule is C[C@@H]1[C@@H](CO)OC(n2ccc(=O)[nH]c2=O)[C@@H]1O. The highest BCUT2D eigenvalue weighted by Crippen LogP contribution is 2.32. The third-order valence-electron chi connectivity index (χ3n) is 3.04. The van der Waals surface area contributed by atoms with Crippen LogP contribution in [0, 0.1) is 5.92 Å². The third-order valence-corrected chi connectivity index (χ3v) is 3.04. The maximum atomic E-state index is 11.5. The number of aromatic nitrogens is 2. The van der Waals surface area contributed by atoms with E-state index >= 15 is 0 Å². The first-order valence-corrected chi connectivity index (χ1v) is 5.30. The molecular weight excluding hydrogens is 228 g/mol. The molecule has 94 valence electrons. The second kappa shape index (κ2) is 4.44. The van der Waals surface area contributed by atoms with Gasteiger partial charge < -0.3 is 14.9 Å². The van der Waals surface area contributed by atoms with Crippen LogP contribution in [0.25, 0.3) is 0 Å². The third kappa shape index (κ3) is 2.04. The maximum Gasteiger partial charge on any atom is 0.330 e. The summed E-state index contributed by atoms with van der Waals surface area (Å²) >= 11 is 0. The molecular formula is C10H14N2O5. The molecule has 0 amide bonds. The van der Waals surface area contributed by atoms with Crippen molar-refractivity contribution >= 4 is 0 Å². The van der Waals surface area contributed by atoms with E-state index < -0.39 is 29.7 Å². The molecule has 0 aliphatic carbocycles. The molecule has 4 atom stereocenters. The Morgan fingerprint density at radius 2 is 2.24 bits per heavy atom. The Bertz CT molecular complexity index is 508. The molecule has 1 unspecified atom stereocenters. The van der Waals surface area contributed by atoms with Gasteiger partial charge in [0.25, 0.3) is 5.56 Å². The summed E-state index contributed by atoms with van der Waals surface area (Å²) in [6.45, 7) is 1.50. The minimum atomic E-state index is -0.907. The molecule has 3 N–H and O–H groups in total. The molecule has 1 aliphatic heterocycles. The summed E-state index contributed by atoms with van der Waals surface area (Å²) in [5, 5.41) is 19.0. The Morgan fingerprint density at radius 3 is 2.76 bits per heavy atom. The van der Waals surface area contributed by atoms with Gasteiger partial charge in [-0.15, -0.1) is 0 Å². The van der Waals surface area contributed by atoms with Gasteiger partial charge in [-0.1, -0.05) is 6.92 Å². The fourth-order valence-electron chi connectivity index (χ4n) is 1.93. The second-order valence-corrected chi connectivity index (χ2v) is 4.11. The fraction of sp³-hybridized carbons (Fsp3) is 0.600. The van der Waals surface area contributed by atoms with Crippen LogP contribution in [-0.2, 0) is 4.74 Å². The number of aliphatic hydroxyl groups excluding tert-OH is 2. The number of nitrogens with one attached hydrogen (secondary N) is 1. The van der Waals surface area contributed by atoms with E-state index in [9.17, 15) is 14.7 Å². The maximum absolute atomic E-state index is 11.5. The van der Waals surface area contributed by atoms with Crippen molar-refractivity contribution in [2.45, 2.75) is 25.4 Å². The van der Waals surface area contributed by atoms with Crippen LogP contribution in [-0.4, -0.2) is 38.6 Å². The summed E-state index contributed by atoms with van der Waals surface area (Å²) in [6, 6.07) is 1.18. The van der Waals surface area contributed by atoms with Gasteiger partial charge in [0.1, 0.15) is 6.10 Å². The Labute approximate surface area is 96.3 Å². The predicted octanol–water partition coefficient (Wildman–Crippen LogP) is -1.58. The first kappa shape index (κ1) is 12.0. The predicted molar refractivity (Wildman–Crippen MR) is 57.5 cm³/mol. The van der Waals surface area contributed by atoms with E-state index in [1.54, 1.807) is 6.92 Å². The summed E-state index contributed by atoms with van der Waals surface area (Å²) in [5.74, 6) is -0.288. The van der Waals surface area contributed by atoms with Crippen LogP contribution in [0.3, 0.4) is 0 Å². The van der Waals surface area contributed by atoms with Gasteiger partial charge in [-0.25, -0.2) is 4.79 Å². The molecule has 1 fully saturated rings. The van der Waals surface area contributed by atoms with Crippen LogP contribution in [0.5, 0.6) is 0 Å². The smallest absolute Gasteiger partial charge is 0.330 e. The zero-order valence-corrected chi connectivity index (χ0v) is 9.24. The fourth-order valence-corrected chi connectivity index (χ4v) is 1.93. The van der Waals surface area contributed by atoms with Crippen LogP contribution in [0.4, 0.5) is 0 Å². The molecule has 0 spiro atoms. The van der Waals surface area contributed by atoms with E-state index in [-0.39, 0.29) is 12.5 Å². The summed E-state index contributed by atoms with van der Waals surface area (Å²) in [6.07, 6.45) is -1.04. The average Bonchev–Trinajstić information content (AvgIpc) is 2.57. The number of aromatic amines is 1. The molecule has 0 bridgehead atoms. The molecule has 2 heterocycles. The number of aliphatic hydroxyl groups is 2. The number of hydrogen-bond acceptors (Lipinski definition) is 5. The molecule has 1 aromatic heterocycles. The quantitative estimate of drug-likeness (QED) is 0.580. The van der Waals surface area contributed by atoms with Gasteiger partial charge in [-0.2, -0.15) is 0 Å². The Kier molecular flexibility index (Phi) is 3.14. The second-order valence-electron chi connectivity index (χ2n) is 4.11. The van der Waals surface area contributed by atoms with Crippen molar-refractivity contribution in [2.24, 2.45) is 5.92 Å². The Balaban J connectivity index is 2.35. The normalized spacial score (nSPS) is 32.9. The van der Waals surface area contributed by atoms with Crippen LogP contribution < -0.4 is 11.2 Å². The van der Waals surface area contributed by atoms with Crippen molar-refractivity contribution in [3.63, 3.8) is 0 Å². The standard InChI is InChI=1S/C10H14N2O5/c1-5-6(4-13)17-9(8(5)15)12-3-2-7(14)11-10(12)16/h2-3,5-6,8-9,13,15H,4H2,1H3,(H,11,14,16)/t5-,6-,8-,9?/m1/s1. The van der Waals surface area contributed by atoms with Crippen molar-refractivity contribution < 1.29 is 14.9 Å². The monoisotopic (exact) mass is 242 g/mol. The number of ether oxygens (including phenoxy) is 1. The van der Waals surface area contributed by atoms with Crippen molar-refractivity contribution in [1.82, 2.24) is 9.55 Å². The minimum Gasteiger partial charge on any atom is -0.394 e. The summed E-state index contributed by atoms with van der Waals surface area (Å²) < 4.78 is 6.49. The van der Waals surface area contributed by atoms with E-state index in [2.05, 4.69) is 4.98 Å². The van der Waals surface area contributed by atoms with Gasteiger partial charge in [0.2, 0.25) is 0 Å². The molecule has 7 heteroatoms. The van der Waals surface area contributed by atoms with Crippen molar-refractivity contribution in [3.05, 3.63) is 33.1 Å². The van der Waals surface area contributed by atoms with E-state index in [0.717, 1.165) is 4.57 Å². The van der Waals surface area contributed by atoms with Gasteiger partial charge in [0.15, 0.2) is 6.23 Å². The number of hydrogen-bond donors (Lipinski definition) is 3. The Morgan fingerprint density at radius 1 is 1.53 bits per heavy atom. The highest BCUT2D eigenvalue weighted by molar-refractivity contribution is 4.91. The highest BCUT2D eigenvalue weighted by Gasteiger charge is 2.41. The van der Waals surface area contributed by atoms with Gasteiger partial charge in [-0.3, -0.25) is 14.3 Å². The van der Waals surface area contributed by atoms with E-state index in [4.69, 9.17) is 9.84 Å². The molecule has 0 aromatic carbocycles. The van der Waals surface area contributed by atoms with Crippen LogP contribution >= 0.6 is 0 Å². The molecule has 1 aromatic rings. The summed E-state index contributed by atoms with van der Waals surface area (Å²) in [5.41, 5.74) is -1.15. The number of nitrogens with zero attached hydrogens (tertiary/aromatic N) is 1. The molecule has 17 heavy (non-hydrogen) atoms. The molecule has 1 saturated heterocycles. The van der Waals surface area contributed by atoms with Gasteiger partial charge in [-0.05, 0) is 0 Å². The topological polar surface area (TPSA) is 105 Å². The lowest BCUT2D eigenvalue weighted by molar-refractivity contribution is -0.0534. The zero-order valence-electron chi connectivity index (χ0n) is 9.24. The van der Waals surface area contributed by atoms with E-state index in [1.807, 2.05) is 0 Å². The van der Waals surface area contributed by atoms with Crippen molar-refractivity contribution in [1.29, 1.82) is 0 Å². The molecule has 0 saturated carbocycles. The van der Waals surface area contributed by atoms with E-state index in [1.165, 1.54) is 12.3 Å². The number of H-pyrrole nitrogens is 1. The van der Waals surface area contributed by atoms with Crippen LogP contribution in [0.2, 0.25) is 0 Å². The van der Waals surface area contributed by atoms with Gasteiger partial charge in [0, 0.05) is 18.2 Å². The van der Waals surface area contributed by atoms with Gasteiger partial charge >= 0.3 is 5.69 Å². The highest BCUT2D eigenvalue weighted by atomic mass is 16.5. The minimum absolute atomic E-state index is 0.229. The van der Waals surface area contributed by atoms with Crippen molar-refractivity contribution in [3.8, 4) is 0 Å². The summed E-state index contributed by atoms with van der Waals surface area (Å²) in [7, 11) is 0. The molecule has 2 rings (SSSR count). The average molecular weight is 242 g/mol. The van der Waals surface area contributed by atoms with Gasteiger partial charge in [0.05, 0.1) is 12.7 Å². The lowest BCUT2D eigenvalue weighted by Crippen LogP contribution is -2.35. The number of rotatable bonds is 2. The summed E-state index contributed by atoms with van der Waals surface area (Å²) in [4.78, 5) is 24.5. The largest absolute Gasteiger partial charge is 0.394 e. The van der Waals surface area contributed by atoms with Crippen molar-refractivity contribution in [2.75, 3.05) is 6.61 Å². The van der Waals surface area contributed by atoms with E-state index in [0.29, 0.717) is 0 Å². The molecule has 1 aliphatic rings. The molecule has 7 nitrogen and oxygen atoms in total.